The Balaban J connectivity index is 2.01. The summed E-state index contributed by atoms with van der Waals surface area (Å²) in [7, 11) is 0. The van der Waals surface area contributed by atoms with Crippen molar-refractivity contribution >= 4 is 40.5 Å². The lowest BCUT2D eigenvalue weighted by Gasteiger charge is -2.14. The molecule has 5 heteroatoms. The molecule has 0 saturated carbocycles. The summed E-state index contributed by atoms with van der Waals surface area (Å²) in [6, 6.07) is 11.1. The number of nitrogens with one attached hydrogen (secondary N) is 2. The van der Waals surface area contributed by atoms with Gasteiger partial charge >= 0.3 is 0 Å². The normalized spacial score (nSPS) is 10.4. The molecule has 0 aliphatic rings. The molecule has 1 amide bonds. The maximum absolute atomic E-state index is 12.1. The molecule has 0 radical (unpaired) electrons. The van der Waals surface area contributed by atoms with Crippen LogP contribution in [0.1, 0.15) is 18.1 Å². The number of aryl methyl sites for hydroxylation is 2. The van der Waals surface area contributed by atoms with Gasteiger partial charge in [0, 0.05) is 21.4 Å². The highest BCUT2D eigenvalue weighted by atomic mass is 35.5. The third kappa shape index (κ3) is 4.39. The van der Waals surface area contributed by atoms with Gasteiger partial charge in [0.1, 0.15) is 0 Å². The fraction of sp³-hybridized carbons (Fsp3) is 0.235. The van der Waals surface area contributed by atoms with Crippen LogP contribution in [0, 0.1) is 6.92 Å². The number of hydrogen-bond donors (Lipinski definition) is 2. The zero-order valence-corrected chi connectivity index (χ0v) is 14.1. The van der Waals surface area contributed by atoms with Crippen molar-refractivity contribution in [1.82, 2.24) is 0 Å². The topological polar surface area (TPSA) is 41.1 Å². The van der Waals surface area contributed by atoms with E-state index in [1.54, 1.807) is 18.2 Å². The summed E-state index contributed by atoms with van der Waals surface area (Å²) in [6.45, 7) is 4.30. The van der Waals surface area contributed by atoms with Crippen LogP contribution < -0.4 is 10.6 Å². The monoisotopic (exact) mass is 336 g/mol. The minimum absolute atomic E-state index is 0.149. The summed E-state index contributed by atoms with van der Waals surface area (Å²) in [5, 5.41) is 6.96. The lowest BCUT2D eigenvalue weighted by molar-refractivity contribution is -0.114. The summed E-state index contributed by atoms with van der Waals surface area (Å²) in [6.07, 6.45) is 0.912. The summed E-state index contributed by atoms with van der Waals surface area (Å²) in [4.78, 5) is 12.1. The predicted molar refractivity (Wildman–Crippen MR) is 94.1 cm³/mol. The Labute approximate surface area is 140 Å². The first kappa shape index (κ1) is 16.7. The smallest absolute Gasteiger partial charge is 0.243 e. The number of anilines is 2. The second kappa shape index (κ2) is 7.52. The van der Waals surface area contributed by atoms with E-state index in [0.29, 0.717) is 15.7 Å². The highest BCUT2D eigenvalue weighted by molar-refractivity contribution is 6.35. The molecule has 0 heterocycles. The van der Waals surface area contributed by atoms with E-state index in [1.807, 2.05) is 19.1 Å². The third-order valence-electron chi connectivity index (χ3n) is 3.31. The minimum atomic E-state index is -0.149. The number of carbonyl (C=O) groups is 1. The number of carbonyl (C=O) groups excluding carboxylic acids is 1. The van der Waals surface area contributed by atoms with Gasteiger partial charge in [0.2, 0.25) is 5.91 Å². The standard InChI is InChI=1S/C17H18Cl2N2O/c1-3-12-6-4-5-11(2)17(12)20-10-16(22)21-15-8-13(18)7-14(19)9-15/h4-9,20H,3,10H2,1-2H3,(H,21,22). The molecular formula is C17H18Cl2N2O. The van der Waals surface area contributed by atoms with Crippen LogP contribution in [0.25, 0.3) is 0 Å². The Bertz CT molecular complexity index is 666. The molecule has 0 fully saturated rings. The van der Waals surface area contributed by atoms with Gasteiger partial charge in [-0.1, -0.05) is 48.3 Å². The average Bonchev–Trinajstić information content (AvgIpc) is 2.44. The molecule has 0 aliphatic carbocycles. The van der Waals surface area contributed by atoms with Crippen LogP contribution in [0.2, 0.25) is 10.0 Å². The van der Waals surface area contributed by atoms with Crippen molar-refractivity contribution in [2.24, 2.45) is 0 Å². The summed E-state index contributed by atoms with van der Waals surface area (Å²) in [5.74, 6) is -0.149. The third-order valence-corrected chi connectivity index (χ3v) is 3.75. The van der Waals surface area contributed by atoms with E-state index in [-0.39, 0.29) is 12.5 Å². The molecule has 0 spiro atoms. The van der Waals surface area contributed by atoms with Crippen molar-refractivity contribution in [3.05, 3.63) is 57.6 Å². The Kier molecular flexibility index (Phi) is 5.69. The maximum Gasteiger partial charge on any atom is 0.243 e. The first-order chi connectivity index (χ1) is 10.5. The number of halogens is 2. The molecule has 0 aliphatic heterocycles. The predicted octanol–water partition coefficient (Wildman–Crippen LogP) is 4.91. The quantitative estimate of drug-likeness (QED) is 0.813. The molecule has 0 unspecified atom stereocenters. The van der Waals surface area contributed by atoms with Crippen molar-refractivity contribution in [3.8, 4) is 0 Å². The number of amides is 1. The SMILES string of the molecule is CCc1cccc(C)c1NCC(=O)Nc1cc(Cl)cc(Cl)c1. The van der Waals surface area contributed by atoms with Gasteiger partial charge in [-0.05, 0) is 42.7 Å². The van der Waals surface area contributed by atoms with Gasteiger partial charge in [-0.15, -0.1) is 0 Å². The van der Waals surface area contributed by atoms with Crippen LogP contribution in [-0.2, 0) is 11.2 Å². The zero-order chi connectivity index (χ0) is 16.1. The molecule has 0 bridgehead atoms. The van der Waals surface area contributed by atoms with Crippen molar-refractivity contribution in [2.75, 3.05) is 17.2 Å². The number of benzene rings is 2. The number of rotatable bonds is 5. The van der Waals surface area contributed by atoms with Gasteiger partial charge in [0.05, 0.1) is 6.54 Å². The summed E-state index contributed by atoms with van der Waals surface area (Å²) in [5.41, 5.74) is 3.92. The van der Waals surface area contributed by atoms with Crippen molar-refractivity contribution in [3.63, 3.8) is 0 Å². The average molecular weight is 337 g/mol. The van der Waals surface area contributed by atoms with Crippen LogP contribution in [0.15, 0.2) is 36.4 Å². The van der Waals surface area contributed by atoms with Crippen LogP contribution in [0.5, 0.6) is 0 Å². The first-order valence-corrected chi connectivity index (χ1v) is 7.83. The molecule has 0 saturated heterocycles. The van der Waals surface area contributed by atoms with Gasteiger partial charge in [0.25, 0.3) is 0 Å². The molecule has 22 heavy (non-hydrogen) atoms. The van der Waals surface area contributed by atoms with E-state index in [1.165, 1.54) is 5.56 Å². The Morgan fingerprint density at radius 3 is 2.45 bits per heavy atom. The van der Waals surface area contributed by atoms with Gasteiger partial charge in [-0.25, -0.2) is 0 Å². The molecule has 2 rings (SSSR count). The lowest BCUT2D eigenvalue weighted by Crippen LogP contribution is -2.22. The fourth-order valence-electron chi connectivity index (χ4n) is 2.28. The molecule has 0 aromatic heterocycles. The van der Waals surface area contributed by atoms with Crippen LogP contribution in [0.4, 0.5) is 11.4 Å². The largest absolute Gasteiger partial charge is 0.376 e. The number of para-hydroxylation sites is 1. The van der Waals surface area contributed by atoms with Crippen molar-refractivity contribution in [2.45, 2.75) is 20.3 Å². The van der Waals surface area contributed by atoms with E-state index in [2.05, 4.69) is 23.6 Å². The second-order valence-electron chi connectivity index (χ2n) is 5.02. The van der Waals surface area contributed by atoms with Crippen LogP contribution >= 0.6 is 23.2 Å². The molecule has 0 atom stereocenters. The fourth-order valence-corrected chi connectivity index (χ4v) is 2.80. The van der Waals surface area contributed by atoms with E-state index < -0.39 is 0 Å². The second-order valence-corrected chi connectivity index (χ2v) is 5.90. The van der Waals surface area contributed by atoms with Gasteiger partial charge in [0.15, 0.2) is 0 Å². The van der Waals surface area contributed by atoms with E-state index >= 15 is 0 Å². The maximum atomic E-state index is 12.1. The zero-order valence-electron chi connectivity index (χ0n) is 12.5. The first-order valence-electron chi connectivity index (χ1n) is 7.08. The molecular weight excluding hydrogens is 319 g/mol. The minimum Gasteiger partial charge on any atom is -0.376 e. The van der Waals surface area contributed by atoms with E-state index in [0.717, 1.165) is 17.7 Å². The van der Waals surface area contributed by atoms with Crippen LogP contribution in [-0.4, -0.2) is 12.5 Å². The van der Waals surface area contributed by atoms with Crippen molar-refractivity contribution in [1.29, 1.82) is 0 Å². The van der Waals surface area contributed by atoms with Gasteiger partial charge < -0.3 is 10.6 Å². The highest BCUT2D eigenvalue weighted by Gasteiger charge is 2.08. The lowest BCUT2D eigenvalue weighted by atomic mass is 10.1. The Morgan fingerprint density at radius 2 is 1.82 bits per heavy atom. The molecule has 116 valence electrons. The summed E-state index contributed by atoms with van der Waals surface area (Å²) < 4.78 is 0. The highest BCUT2D eigenvalue weighted by Crippen LogP contribution is 2.23. The van der Waals surface area contributed by atoms with Gasteiger partial charge in [-0.3, -0.25) is 4.79 Å². The van der Waals surface area contributed by atoms with E-state index in [9.17, 15) is 4.79 Å². The van der Waals surface area contributed by atoms with Gasteiger partial charge in [-0.2, -0.15) is 0 Å². The molecule has 3 nitrogen and oxygen atoms in total. The van der Waals surface area contributed by atoms with Crippen molar-refractivity contribution < 1.29 is 4.79 Å². The van der Waals surface area contributed by atoms with Crippen LogP contribution in [0.3, 0.4) is 0 Å². The summed E-state index contributed by atoms with van der Waals surface area (Å²) >= 11 is 11.8. The molecule has 2 aromatic carbocycles. The molecule has 2 aromatic rings. The Hall–Kier alpha value is -1.71. The van der Waals surface area contributed by atoms with E-state index in [4.69, 9.17) is 23.2 Å². The Morgan fingerprint density at radius 1 is 1.14 bits per heavy atom. The number of hydrogen-bond acceptors (Lipinski definition) is 2. The molecule has 2 N–H and O–H groups in total.